The molecule has 134 valence electrons. The van der Waals surface area contributed by atoms with Crippen molar-refractivity contribution in [1.29, 1.82) is 0 Å². The van der Waals surface area contributed by atoms with Gasteiger partial charge in [0.15, 0.2) is 0 Å². The molecule has 0 aliphatic heterocycles. The number of nitrogens with one attached hydrogen (secondary N) is 1. The van der Waals surface area contributed by atoms with E-state index in [0.717, 1.165) is 23.3 Å². The molecule has 0 unspecified atom stereocenters. The molecule has 1 amide bonds. The van der Waals surface area contributed by atoms with E-state index in [1.807, 2.05) is 31.2 Å². The molecule has 0 saturated heterocycles. The van der Waals surface area contributed by atoms with E-state index in [2.05, 4.69) is 30.0 Å². The average molecular weight is 343 g/mol. The van der Waals surface area contributed by atoms with E-state index in [9.17, 15) is 4.79 Å². The second kappa shape index (κ2) is 8.97. The Morgan fingerprint density at radius 2 is 1.88 bits per heavy atom. The molecule has 0 aromatic heterocycles. The number of methoxy groups -OCH3 is 1. The summed E-state index contributed by atoms with van der Waals surface area (Å²) < 4.78 is 16.4. The number of rotatable bonds is 7. The van der Waals surface area contributed by atoms with Crippen molar-refractivity contribution in [3.05, 3.63) is 53.1 Å². The lowest BCUT2D eigenvalue weighted by Crippen LogP contribution is -2.14. The van der Waals surface area contributed by atoms with Crippen molar-refractivity contribution in [3.8, 4) is 11.5 Å². The van der Waals surface area contributed by atoms with E-state index in [1.54, 1.807) is 6.07 Å². The van der Waals surface area contributed by atoms with Gasteiger partial charge in [-0.05, 0) is 44.0 Å². The van der Waals surface area contributed by atoms with Crippen LogP contribution in [0, 0.1) is 6.92 Å². The molecule has 25 heavy (non-hydrogen) atoms. The van der Waals surface area contributed by atoms with Crippen molar-refractivity contribution in [3.63, 3.8) is 0 Å². The third-order valence-corrected chi connectivity index (χ3v) is 3.82. The molecule has 0 radical (unpaired) electrons. The Labute approximate surface area is 148 Å². The van der Waals surface area contributed by atoms with Gasteiger partial charge in [0, 0.05) is 0 Å². The van der Waals surface area contributed by atoms with Crippen LogP contribution in [-0.4, -0.2) is 19.8 Å². The maximum Gasteiger partial charge on any atom is 0.411 e. The highest BCUT2D eigenvalue weighted by Gasteiger charge is 2.14. The van der Waals surface area contributed by atoms with Crippen LogP contribution in [0.15, 0.2) is 36.4 Å². The number of benzene rings is 2. The summed E-state index contributed by atoms with van der Waals surface area (Å²) in [7, 11) is 1.33. The minimum absolute atomic E-state index is 0.283. The fourth-order valence-corrected chi connectivity index (χ4v) is 2.56. The smallest absolute Gasteiger partial charge is 0.411 e. The monoisotopic (exact) mass is 343 g/mol. The Balaban J connectivity index is 2.28. The lowest BCUT2D eigenvalue weighted by atomic mass is 10.1. The van der Waals surface area contributed by atoms with Gasteiger partial charge < -0.3 is 14.2 Å². The van der Waals surface area contributed by atoms with Crippen LogP contribution in [0.5, 0.6) is 11.5 Å². The second-order valence-corrected chi connectivity index (χ2v) is 5.59. The highest BCUT2D eigenvalue weighted by molar-refractivity contribution is 5.86. The van der Waals surface area contributed by atoms with Crippen LogP contribution in [0.3, 0.4) is 0 Å². The number of carbonyl (C=O) groups is 1. The van der Waals surface area contributed by atoms with Crippen LogP contribution in [0.2, 0.25) is 0 Å². The SMILES string of the molecule is CCOc1cccc(NC(=O)OC)c1COc1ccc(C)cc1CC. The fraction of sp³-hybridized carbons (Fsp3) is 0.350. The first-order chi connectivity index (χ1) is 12.1. The summed E-state index contributed by atoms with van der Waals surface area (Å²) >= 11 is 0. The average Bonchev–Trinajstić information content (AvgIpc) is 2.62. The molecule has 5 nitrogen and oxygen atoms in total. The molecule has 1 N–H and O–H groups in total. The first-order valence-corrected chi connectivity index (χ1v) is 8.41. The van der Waals surface area contributed by atoms with Gasteiger partial charge in [0.25, 0.3) is 0 Å². The minimum atomic E-state index is -0.528. The number of aryl methyl sites for hydroxylation is 2. The van der Waals surface area contributed by atoms with Crippen molar-refractivity contribution in [2.75, 3.05) is 19.0 Å². The number of ether oxygens (including phenoxy) is 3. The molecule has 0 bridgehead atoms. The summed E-state index contributed by atoms with van der Waals surface area (Å²) in [6.45, 7) is 6.89. The van der Waals surface area contributed by atoms with Gasteiger partial charge in [0.2, 0.25) is 0 Å². The van der Waals surface area contributed by atoms with Crippen LogP contribution in [0.4, 0.5) is 10.5 Å². The predicted octanol–water partition coefficient (Wildman–Crippen LogP) is 4.71. The quantitative estimate of drug-likeness (QED) is 0.791. The van der Waals surface area contributed by atoms with Crippen LogP contribution in [0.1, 0.15) is 30.5 Å². The number of carbonyl (C=O) groups excluding carboxylic acids is 1. The first kappa shape index (κ1) is 18.6. The Morgan fingerprint density at radius 3 is 2.56 bits per heavy atom. The number of amides is 1. The van der Waals surface area contributed by atoms with Gasteiger partial charge in [-0.25, -0.2) is 4.79 Å². The Kier molecular flexibility index (Phi) is 6.69. The number of anilines is 1. The van der Waals surface area contributed by atoms with Gasteiger partial charge in [-0.15, -0.1) is 0 Å². The van der Waals surface area contributed by atoms with E-state index in [-0.39, 0.29) is 6.61 Å². The predicted molar refractivity (Wildman–Crippen MR) is 98.5 cm³/mol. The number of hydrogen-bond acceptors (Lipinski definition) is 4. The first-order valence-electron chi connectivity index (χ1n) is 8.41. The van der Waals surface area contributed by atoms with Crippen molar-refractivity contribution in [2.24, 2.45) is 0 Å². The molecule has 2 aromatic carbocycles. The zero-order valence-corrected chi connectivity index (χ0v) is 15.2. The molecular weight excluding hydrogens is 318 g/mol. The molecule has 0 heterocycles. The fourth-order valence-electron chi connectivity index (χ4n) is 2.56. The Bertz CT molecular complexity index is 728. The molecule has 5 heteroatoms. The van der Waals surface area contributed by atoms with Crippen LogP contribution < -0.4 is 14.8 Å². The molecule has 0 aliphatic rings. The van der Waals surface area contributed by atoms with Crippen molar-refractivity contribution >= 4 is 11.8 Å². The molecule has 0 aliphatic carbocycles. The third-order valence-electron chi connectivity index (χ3n) is 3.82. The Morgan fingerprint density at radius 1 is 1.08 bits per heavy atom. The summed E-state index contributed by atoms with van der Waals surface area (Å²) in [4.78, 5) is 11.6. The molecule has 0 atom stereocenters. The van der Waals surface area contributed by atoms with Gasteiger partial charge in [-0.3, -0.25) is 5.32 Å². The summed E-state index contributed by atoms with van der Waals surface area (Å²) in [5.41, 5.74) is 3.74. The number of hydrogen-bond donors (Lipinski definition) is 1. The summed E-state index contributed by atoms with van der Waals surface area (Å²) in [5, 5.41) is 2.71. The highest BCUT2D eigenvalue weighted by Crippen LogP contribution is 2.30. The van der Waals surface area contributed by atoms with Crippen LogP contribution in [-0.2, 0) is 17.8 Å². The van der Waals surface area contributed by atoms with Gasteiger partial charge in [0.05, 0.1) is 25.0 Å². The summed E-state index contributed by atoms with van der Waals surface area (Å²) in [5.74, 6) is 1.52. The standard InChI is InChI=1S/C20H25NO4/c1-5-15-12-14(3)10-11-18(15)25-13-16-17(21-20(22)23-4)8-7-9-19(16)24-6-2/h7-12H,5-6,13H2,1-4H3,(H,21,22). The van der Waals surface area contributed by atoms with E-state index < -0.39 is 6.09 Å². The van der Waals surface area contributed by atoms with E-state index in [1.165, 1.54) is 12.7 Å². The second-order valence-electron chi connectivity index (χ2n) is 5.59. The summed E-state index contributed by atoms with van der Waals surface area (Å²) in [6.07, 6.45) is 0.358. The molecule has 0 spiro atoms. The van der Waals surface area contributed by atoms with E-state index >= 15 is 0 Å². The van der Waals surface area contributed by atoms with Gasteiger partial charge in [-0.1, -0.05) is 30.7 Å². The van der Waals surface area contributed by atoms with Gasteiger partial charge >= 0.3 is 6.09 Å². The largest absolute Gasteiger partial charge is 0.493 e. The molecular formula is C20H25NO4. The van der Waals surface area contributed by atoms with Crippen LogP contribution >= 0.6 is 0 Å². The van der Waals surface area contributed by atoms with Gasteiger partial charge in [0.1, 0.15) is 18.1 Å². The maximum atomic E-state index is 11.6. The summed E-state index contributed by atoms with van der Waals surface area (Å²) in [6, 6.07) is 11.6. The zero-order valence-electron chi connectivity index (χ0n) is 15.2. The van der Waals surface area contributed by atoms with E-state index in [0.29, 0.717) is 18.0 Å². The topological polar surface area (TPSA) is 56.8 Å². The van der Waals surface area contributed by atoms with Crippen LogP contribution in [0.25, 0.3) is 0 Å². The van der Waals surface area contributed by atoms with Gasteiger partial charge in [-0.2, -0.15) is 0 Å². The normalized spacial score (nSPS) is 10.2. The zero-order chi connectivity index (χ0) is 18.2. The minimum Gasteiger partial charge on any atom is -0.493 e. The maximum absolute atomic E-state index is 11.6. The molecule has 0 fully saturated rings. The van der Waals surface area contributed by atoms with Crippen molar-refractivity contribution in [2.45, 2.75) is 33.8 Å². The lowest BCUT2D eigenvalue weighted by Gasteiger charge is -2.17. The van der Waals surface area contributed by atoms with E-state index in [4.69, 9.17) is 9.47 Å². The molecule has 0 saturated carbocycles. The van der Waals surface area contributed by atoms with Crippen molar-refractivity contribution < 1.29 is 19.0 Å². The third kappa shape index (κ3) is 4.89. The molecule has 2 aromatic rings. The lowest BCUT2D eigenvalue weighted by molar-refractivity contribution is 0.187. The Hall–Kier alpha value is -2.69. The van der Waals surface area contributed by atoms with Crippen molar-refractivity contribution in [1.82, 2.24) is 0 Å². The highest BCUT2D eigenvalue weighted by atomic mass is 16.5. The molecule has 2 rings (SSSR count).